The highest BCUT2D eigenvalue weighted by atomic mass is 32.2. The molecule has 1 heterocycles. The zero-order chi connectivity index (χ0) is 20.5. The van der Waals surface area contributed by atoms with Gasteiger partial charge in [0.25, 0.3) is 5.91 Å². The third-order valence-corrected chi connectivity index (χ3v) is 5.32. The van der Waals surface area contributed by atoms with Crippen LogP contribution in [0.4, 0.5) is 4.39 Å². The monoisotopic (exact) mass is 402 g/mol. The number of benzene rings is 2. The van der Waals surface area contributed by atoms with Gasteiger partial charge in [0.15, 0.2) is 0 Å². The molecular weight excluding hydrogens is 383 g/mol. The Hall–Kier alpha value is -3.04. The topological polar surface area (TPSA) is 107 Å². The lowest BCUT2D eigenvalue weighted by Crippen LogP contribution is -2.27. The summed E-state index contributed by atoms with van der Waals surface area (Å²) >= 11 is 0. The van der Waals surface area contributed by atoms with Gasteiger partial charge in [-0.1, -0.05) is 24.3 Å². The van der Waals surface area contributed by atoms with Crippen molar-refractivity contribution >= 4 is 15.9 Å². The van der Waals surface area contributed by atoms with Crippen molar-refractivity contribution in [1.29, 1.82) is 0 Å². The molecule has 0 spiro atoms. The van der Waals surface area contributed by atoms with Crippen LogP contribution in [0.3, 0.4) is 0 Å². The van der Waals surface area contributed by atoms with Crippen molar-refractivity contribution in [2.45, 2.75) is 24.8 Å². The van der Waals surface area contributed by atoms with E-state index in [2.05, 4.69) is 10.4 Å². The maximum Gasteiger partial charge on any atom is 0.255 e. The summed E-state index contributed by atoms with van der Waals surface area (Å²) in [7, 11) is -3.77. The molecule has 0 aliphatic heterocycles. The van der Waals surface area contributed by atoms with Crippen LogP contribution in [0.25, 0.3) is 5.69 Å². The number of amides is 1. The normalized spacial score (nSPS) is 12.6. The van der Waals surface area contributed by atoms with E-state index < -0.39 is 21.9 Å². The minimum Gasteiger partial charge on any atom is -0.345 e. The van der Waals surface area contributed by atoms with Crippen LogP contribution >= 0.6 is 0 Å². The fourth-order valence-corrected chi connectivity index (χ4v) is 3.32. The molecule has 0 saturated heterocycles. The highest BCUT2D eigenvalue weighted by Crippen LogP contribution is 2.19. The van der Waals surface area contributed by atoms with Crippen molar-refractivity contribution in [3.05, 3.63) is 77.4 Å². The van der Waals surface area contributed by atoms with Gasteiger partial charge in [0.1, 0.15) is 11.5 Å². The molecule has 0 bridgehead atoms. The second kappa shape index (κ2) is 7.53. The Balaban J connectivity index is 1.79. The molecule has 146 valence electrons. The number of nitrogens with zero attached hydrogens (tertiary/aromatic N) is 2. The second-order valence-electron chi connectivity index (χ2n) is 6.32. The SMILES string of the molecule is Cc1c(C(=O)N[C@H](C)c2ccc(S(N)(=O)=O)cc2)cnn1-c1ccccc1F. The fourth-order valence-electron chi connectivity index (χ4n) is 2.80. The van der Waals surface area contributed by atoms with Gasteiger partial charge >= 0.3 is 0 Å². The molecule has 1 aromatic heterocycles. The Morgan fingerprint density at radius 1 is 1.18 bits per heavy atom. The summed E-state index contributed by atoms with van der Waals surface area (Å²) in [6, 6.07) is 11.7. The number of halogens is 1. The molecule has 0 aliphatic carbocycles. The van der Waals surface area contributed by atoms with Gasteiger partial charge in [-0.05, 0) is 43.7 Å². The number of para-hydroxylation sites is 1. The number of nitrogens with two attached hydrogens (primary N) is 1. The molecule has 1 atom stereocenters. The van der Waals surface area contributed by atoms with Crippen LogP contribution in [0.1, 0.15) is 34.6 Å². The molecule has 1 amide bonds. The minimum atomic E-state index is -3.77. The molecule has 9 heteroatoms. The van der Waals surface area contributed by atoms with Crippen molar-refractivity contribution < 1.29 is 17.6 Å². The molecule has 2 aromatic carbocycles. The second-order valence-corrected chi connectivity index (χ2v) is 7.88. The first-order valence-corrected chi connectivity index (χ1v) is 9.96. The zero-order valence-corrected chi connectivity index (χ0v) is 16.1. The first-order valence-electron chi connectivity index (χ1n) is 8.41. The van der Waals surface area contributed by atoms with E-state index in [0.717, 1.165) is 0 Å². The smallest absolute Gasteiger partial charge is 0.255 e. The third kappa shape index (κ3) is 3.95. The number of carbonyl (C=O) groups is 1. The van der Waals surface area contributed by atoms with Gasteiger partial charge in [0, 0.05) is 0 Å². The molecule has 28 heavy (non-hydrogen) atoms. The highest BCUT2D eigenvalue weighted by molar-refractivity contribution is 7.89. The molecule has 3 rings (SSSR count). The summed E-state index contributed by atoms with van der Waals surface area (Å²) < 4.78 is 38.0. The van der Waals surface area contributed by atoms with Crippen molar-refractivity contribution in [3.63, 3.8) is 0 Å². The van der Waals surface area contributed by atoms with Gasteiger partial charge in [-0.3, -0.25) is 4.79 Å². The van der Waals surface area contributed by atoms with Crippen LogP contribution in [0.15, 0.2) is 59.6 Å². The molecule has 0 radical (unpaired) electrons. The van der Waals surface area contributed by atoms with E-state index >= 15 is 0 Å². The molecule has 0 saturated carbocycles. The lowest BCUT2D eigenvalue weighted by Gasteiger charge is -2.15. The van der Waals surface area contributed by atoms with E-state index in [1.54, 1.807) is 44.2 Å². The molecule has 0 unspecified atom stereocenters. The number of carbonyl (C=O) groups excluding carboxylic acids is 1. The van der Waals surface area contributed by atoms with Crippen molar-refractivity contribution in [1.82, 2.24) is 15.1 Å². The fraction of sp³-hybridized carbons (Fsp3) is 0.158. The first kappa shape index (κ1) is 19.7. The van der Waals surface area contributed by atoms with Gasteiger partial charge in [-0.15, -0.1) is 0 Å². The third-order valence-electron chi connectivity index (χ3n) is 4.39. The number of rotatable bonds is 5. The zero-order valence-electron chi connectivity index (χ0n) is 15.3. The number of primary sulfonamides is 1. The van der Waals surface area contributed by atoms with Crippen LogP contribution in [-0.4, -0.2) is 24.1 Å². The standard InChI is InChI=1S/C19H19FN4O3S/c1-12(14-7-9-15(10-8-14)28(21,26)27)23-19(25)16-11-22-24(13(16)2)18-6-4-3-5-17(18)20/h3-12H,1-2H3,(H,23,25)(H2,21,26,27)/t12-/m1/s1. The summed E-state index contributed by atoms with van der Waals surface area (Å²) in [5, 5.41) is 12.0. The maximum atomic E-state index is 14.0. The van der Waals surface area contributed by atoms with E-state index in [4.69, 9.17) is 5.14 Å². The van der Waals surface area contributed by atoms with Crippen molar-refractivity contribution in [3.8, 4) is 5.69 Å². The van der Waals surface area contributed by atoms with Gasteiger partial charge < -0.3 is 5.32 Å². The van der Waals surface area contributed by atoms with Gasteiger partial charge in [-0.2, -0.15) is 5.10 Å². The van der Waals surface area contributed by atoms with Crippen LogP contribution in [0, 0.1) is 12.7 Å². The Morgan fingerprint density at radius 3 is 2.43 bits per heavy atom. The number of nitrogens with one attached hydrogen (secondary N) is 1. The Kier molecular flexibility index (Phi) is 5.30. The summed E-state index contributed by atoms with van der Waals surface area (Å²) in [6.45, 7) is 3.44. The van der Waals surface area contributed by atoms with E-state index in [0.29, 0.717) is 16.8 Å². The lowest BCUT2D eigenvalue weighted by molar-refractivity contribution is 0.0939. The number of aromatic nitrogens is 2. The lowest BCUT2D eigenvalue weighted by atomic mass is 10.1. The average Bonchev–Trinajstić information content (AvgIpc) is 3.03. The van der Waals surface area contributed by atoms with E-state index in [1.165, 1.54) is 29.1 Å². The number of sulfonamides is 1. The molecule has 3 N–H and O–H groups in total. The summed E-state index contributed by atoms with van der Waals surface area (Å²) in [4.78, 5) is 12.6. The van der Waals surface area contributed by atoms with Crippen LogP contribution in [-0.2, 0) is 10.0 Å². The van der Waals surface area contributed by atoms with Gasteiger partial charge in [0.05, 0.1) is 28.4 Å². The van der Waals surface area contributed by atoms with Gasteiger partial charge in [0.2, 0.25) is 10.0 Å². The van der Waals surface area contributed by atoms with Gasteiger partial charge in [-0.25, -0.2) is 22.6 Å². The Labute approximate surface area is 162 Å². The molecule has 0 aliphatic rings. The summed E-state index contributed by atoms with van der Waals surface area (Å²) in [6.07, 6.45) is 1.38. The van der Waals surface area contributed by atoms with Crippen LogP contribution in [0.2, 0.25) is 0 Å². The molecule has 7 nitrogen and oxygen atoms in total. The van der Waals surface area contributed by atoms with Crippen LogP contribution in [0.5, 0.6) is 0 Å². The minimum absolute atomic E-state index is 0.00298. The predicted octanol–water partition coefficient (Wildman–Crippen LogP) is 2.46. The highest BCUT2D eigenvalue weighted by Gasteiger charge is 2.19. The van der Waals surface area contributed by atoms with E-state index in [1.807, 2.05) is 0 Å². The first-order chi connectivity index (χ1) is 13.2. The quantitative estimate of drug-likeness (QED) is 0.683. The molecule has 3 aromatic rings. The Morgan fingerprint density at radius 2 is 1.82 bits per heavy atom. The largest absolute Gasteiger partial charge is 0.345 e. The molecule has 0 fully saturated rings. The van der Waals surface area contributed by atoms with Crippen molar-refractivity contribution in [2.24, 2.45) is 5.14 Å². The number of hydrogen-bond acceptors (Lipinski definition) is 4. The summed E-state index contributed by atoms with van der Waals surface area (Å²) in [5.74, 6) is -0.813. The van der Waals surface area contributed by atoms with E-state index in [9.17, 15) is 17.6 Å². The predicted molar refractivity (Wildman–Crippen MR) is 102 cm³/mol. The average molecular weight is 402 g/mol. The number of hydrogen-bond donors (Lipinski definition) is 2. The summed E-state index contributed by atoms with van der Waals surface area (Å²) in [5.41, 5.74) is 1.78. The molecular formula is C19H19FN4O3S. The Bertz CT molecular complexity index is 1120. The van der Waals surface area contributed by atoms with E-state index in [-0.39, 0.29) is 16.5 Å². The van der Waals surface area contributed by atoms with Crippen molar-refractivity contribution in [2.75, 3.05) is 0 Å². The maximum absolute atomic E-state index is 14.0. The van der Waals surface area contributed by atoms with Crippen LogP contribution < -0.4 is 10.5 Å².